The highest BCUT2D eigenvalue weighted by Gasteiger charge is 2.25. The summed E-state index contributed by atoms with van der Waals surface area (Å²) < 4.78 is 6.89. The van der Waals surface area contributed by atoms with Crippen LogP contribution in [-0.2, 0) is 6.54 Å². The monoisotopic (exact) mass is 299 g/mol. The molecule has 3 N–H and O–H groups in total. The van der Waals surface area contributed by atoms with E-state index in [2.05, 4.69) is 15.9 Å². The van der Waals surface area contributed by atoms with Crippen LogP contribution in [0, 0.1) is 0 Å². The molecule has 2 atom stereocenters. The molecule has 17 heavy (non-hydrogen) atoms. The quantitative estimate of drug-likeness (QED) is 0.902. The van der Waals surface area contributed by atoms with Gasteiger partial charge in [0.15, 0.2) is 0 Å². The summed E-state index contributed by atoms with van der Waals surface area (Å²) >= 11 is 3.41. The zero-order valence-electron chi connectivity index (χ0n) is 9.73. The van der Waals surface area contributed by atoms with Gasteiger partial charge in [0, 0.05) is 16.6 Å². The number of hydrogen-bond donors (Lipinski definition) is 2. The van der Waals surface area contributed by atoms with E-state index in [9.17, 15) is 5.11 Å². The Balaban J connectivity index is 2.11. The molecule has 2 rings (SSSR count). The number of aliphatic hydroxyl groups excluding tert-OH is 1. The molecule has 1 fully saturated rings. The van der Waals surface area contributed by atoms with Crippen LogP contribution in [0.2, 0.25) is 0 Å². The van der Waals surface area contributed by atoms with Gasteiger partial charge in [0.05, 0.1) is 6.10 Å². The Hall–Kier alpha value is -0.580. The highest BCUT2D eigenvalue weighted by molar-refractivity contribution is 9.10. The molecule has 4 heteroatoms. The van der Waals surface area contributed by atoms with Gasteiger partial charge in [-0.25, -0.2) is 0 Å². The van der Waals surface area contributed by atoms with Crippen molar-refractivity contribution in [2.24, 2.45) is 5.73 Å². The van der Waals surface area contributed by atoms with Gasteiger partial charge in [-0.1, -0.05) is 22.4 Å². The molecule has 1 aromatic carbocycles. The summed E-state index contributed by atoms with van der Waals surface area (Å²) in [5.74, 6) is 0.793. The fraction of sp³-hybridized carbons (Fsp3) is 0.538. The molecule has 1 aliphatic carbocycles. The highest BCUT2D eigenvalue weighted by atomic mass is 79.9. The molecule has 0 aromatic heterocycles. The maximum atomic E-state index is 9.88. The first-order valence-corrected chi connectivity index (χ1v) is 6.83. The van der Waals surface area contributed by atoms with Gasteiger partial charge in [-0.05, 0) is 37.5 Å². The number of rotatable bonds is 3. The molecule has 94 valence electrons. The summed E-state index contributed by atoms with van der Waals surface area (Å²) in [6, 6.07) is 5.81. The number of hydrogen-bond acceptors (Lipinski definition) is 3. The van der Waals surface area contributed by atoms with Gasteiger partial charge >= 0.3 is 0 Å². The van der Waals surface area contributed by atoms with Gasteiger partial charge in [-0.15, -0.1) is 0 Å². The summed E-state index contributed by atoms with van der Waals surface area (Å²) in [5.41, 5.74) is 6.67. The van der Waals surface area contributed by atoms with Gasteiger partial charge in [-0.3, -0.25) is 0 Å². The number of aliphatic hydroxyl groups is 1. The van der Waals surface area contributed by atoms with Crippen molar-refractivity contribution in [3.8, 4) is 5.75 Å². The van der Waals surface area contributed by atoms with Crippen LogP contribution in [0.1, 0.15) is 31.2 Å². The number of ether oxygens (including phenoxy) is 1. The minimum absolute atomic E-state index is 0.0878. The van der Waals surface area contributed by atoms with E-state index < -0.39 is 0 Å². The Bertz CT molecular complexity index is 384. The van der Waals surface area contributed by atoms with Crippen LogP contribution in [0.25, 0.3) is 0 Å². The maximum absolute atomic E-state index is 9.88. The van der Waals surface area contributed by atoms with Crippen molar-refractivity contribution in [2.75, 3.05) is 0 Å². The van der Waals surface area contributed by atoms with E-state index in [1.54, 1.807) is 0 Å². The van der Waals surface area contributed by atoms with E-state index in [4.69, 9.17) is 10.5 Å². The van der Waals surface area contributed by atoms with E-state index in [1.165, 1.54) is 0 Å². The number of halogens is 1. The van der Waals surface area contributed by atoms with Gasteiger partial charge < -0.3 is 15.6 Å². The third-order valence-electron chi connectivity index (χ3n) is 3.19. The van der Waals surface area contributed by atoms with Crippen molar-refractivity contribution in [3.05, 3.63) is 28.2 Å². The summed E-state index contributed by atoms with van der Waals surface area (Å²) in [6.45, 7) is 0.442. The number of nitrogens with two attached hydrogens (primary N) is 1. The fourth-order valence-corrected chi connectivity index (χ4v) is 2.61. The summed E-state index contributed by atoms with van der Waals surface area (Å²) in [6.07, 6.45) is 3.52. The van der Waals surface area contributed by atoms with Crippen molar-refractivity contribution in [2.45, 2.75) is 44.4 Å². The molecule has 1 aromatic rings. The van der Waals surface area contributed by atoms with Crippen molar-refractivity contribution < 1.29 is 9.84 Å². The molecule has 1 aliphatic rings. The fourth-order valence-electron chi connectivity index (χ4n) is 2.20. The minimum Gasteiger partial charge on any atom is -0.487 e. The Morgan fingerprint density at radius 1 is 1.35 bits per heavy atom. The predicted molar refractivity (Wildman–Crippen MR) is 70.9 cm³/mol. The minimum atomic E-state index is -0.349. The lowest BCUT2D eigenvalue weighted by atomic mass is 9.95. The lowest BCUT2D eigenvalue weighted by molar-refractivity contribution is 0.00641. The molecule has 1 saturated carbocycles. The Morgan fingerprint density at radius 2 is 2.12 bits per heavy atom. The molecular weight excluding hydrogens is 282 g/mol. The Labute approximate surface area is 110 Å². The predicted octanol–water partition coefficient (Wildman–Crippen LogP) is 2.59. The van der Waals surface area contributed by atoms with Crippen molar-refractivity contribution in [3.63, 3.8) is 0 Å². The topological polar surface area (TPSA) is 55.5 Å². The second kappa shape index (κ2) is 5.85. The van der Waals surface area contributed by atoms with Gasteiger partial charge in [0.1, 0.15) is 11.9 Å². The van der Waals surface area contributed by atoms with Crippen LogP contribution in [0.15, 0.2) is 22.7 Å². The van der Waals surface area contributed by atoms with Crippen molar-refractivity contribution in [1.82, 2.24) is 0 Å². The standard InChI is InChI=1S/C13H18BrNO2/c14-10-5-6-12(9(7-10)8-15)17-13-4-2-1-3-11(13)16/h5-7,11,13,16H,1-4,8,15H2. The second-order valence-electron chi connectivity index (χ2n) is 4.46. The number of benzene rings is 1. The van der Waals surface area contributed by atoms with Crippen LogP contribution in [0.3, 0.4) is 0 Å². The first kappa shape index (κ1) is 12.9. The third kappa shape index (κ3) is 3.21. The maximum Gasteiger partial charge on any atom is 0.124 e. The summed E-state index contributed by atoms with van der Waals surface area (Å²) in [7, 11) is 0. The summed E-state index contributed by atoms with van der Waals surface area (Å²) in [4.78, 5) is 0. The first-order chi connectivity index (χ1) is 8.20. The Morgan fingerprint density at radius 3 is 2.82 bits per heavy atom. The van der Waals surface area contributed by atoms with Crippen LogP contribution in [0.5, 0.6) is 5.75 Å². The average Bonchev–Trinajstić information content (AvgIpc) is 2.34. The van der Waals surface area contributed by atoms with Crippen LogP contribution >= 0.6 is 15.9 Å². The van der Waals surface area contributed by atoms with E-state index in [0.717, 1.165) is 41.5 Å². The zero-order valence-corrected chi connectivity index (χ0v) is 11.3. The normalized spacial score (nSPS) is 24.6. The largest absolute Gasteiger partial charge is 0.487 e. The smallest absolute Gasteiger partial charge is 0.124 e. The third-order valence-corrected chi connectivity index (χ3v) is 3.68. The molecule has 2 unspecified atom stereocenters. The van der Waals surface area contributed by atoms with Gasteiger partial charge in [0.2, 0.25) is 0 Å². The van der Waals surface area contributed by atoms with Crippen LogP contribution in [0.4, 0.5) is 0 Å². The molecule has 0 bridgehead atoms. The van der Waals surface area contributed by atoms with E-state index >= 15 is 0 Å². The highest BCUT2D eigenvalue weighted by Crippen LogP contribution is 2.28. The first-order valence-electron chi connectivity index (χ1n) is 6.04. The summed E-state index contributed by atoms with van der Waals surface area (Å²) in [5, 5.41) is 9.88. The second-order valence-corrected chi connectivity index (χ2v) is 5.38. The molecule has 0 spiro atoms. The van der Waals surface area contributed by atoms with Crippen molar-refractivity contribution in [1.29, 1.82) is 0 Å². The molecule has 0 heterocycles. The van der Waals surface area contributed by atoms with Crippen LogP contribution < -0.4 is 10.5 Å². The zero-order chi connectivity index (χ0) is 12.3. The molecule has 0 saturated heterocycles. The molecule has 0 amide bonds. The average molecular weight is 300 g/mol. The lowest BCUT2D eigenvalue weighted by Crippen LogP contribution is -2.34. The van der Waals surface area contributed by atoms with E-state index in [-0.39, 0.29) is 12.2 Å². The Kier molecular flexibility index (Phi) is 4.42. The molecule has 0 radical (unpaired) electrons. The lowest BCUT2D eigenvalue weighted by Gasteiger charge is -2.29. The van der Waals surface area contributed by atoms with Crippen LogP contribution in [-0.4, -0.2) is 17.3 Å². The molecule has 3 nitrogen and oxygen atoms in total. The van der Waals surface area contributed by atoms with E-state index in [0.29, 0.717) is 6.54 Å². The van der Waals surface area contributed by atoms with Gasteiger partial charge in [0.25, 0.3) is 0 Å². The van der Waals surface area contributed by atoms with E-state index in [1.807, 2.05) is 18.2 Å². The van der Waals surface area contributed by atoms with Crippen molar-refractivity contribution >= 4 is 15.9 Å². The van der Waals surface area contributed by atoms with Gasteiger partial charge in [-0.2, -0.15) is 0 Å². The SMILES string of the molecule is NCc1cc(Br)ccc1OC1CCCCC1O. The molecule has 0 aliphatic heterocycles. The molecular formula is C13H18BrNO2.